The summed E-state index contributed by atoms with van der Waals surface area (Å²) in [5.41, 5.74) is 0.915. The molecule has 1 aromatic rings. The van der Waals surface area contributed by atoms with E-state index in [0.29, 0.717) is 24.7 Å². The molecule has 1 aromatic carbocycles. The molecule has 0 aliphatic carbocycles. The maximum absolute atomic E-state index is 9.53. The van der Waals surface area contributed by atoms with Crippen molar-refractivity contribution in [1.82, 2.24) is 5.32 Å². The number of halogens is 1. The smallest absolute Gasteiger partial charge is 0.0898 e. The number of aliphatic hydroxyl groups excluding tert-OH is 1. The highest BCUT2D eigenvalue weighted by Crippen LogP contribution is 2.15. The van der Waals surface area contributed by atoms with Crippen molar-refractivity contribution in [2.45, 2.75) is 12.7 Å². The van der Waals surface area contributed by atoms with Crippen LogP contribution in [-0.4, -0.2) is 30.9 Å². The molecule has 92 valence electrons. The van der Waals surface area contributed by atoms with Crippen LogP contribution in [0.5, 0.6) is 0 Å². The summed E-state index contributed by atoms with van der Waals surface area (Å²) >= 11 is 5.96. The summed E-state index contributed by atoms with van der Waals surface area (Å²) in [5.74, 6) is 2.43. The summed E-state index contributed by atoms with van der Waals surface area (Å²) in [7, 11) is 0. The van der Waals surface area contributed by atoms with Crippen LogP contribution in [0.4, 0.5) is 0 Å². The molecule has 0 heterocycles. The van der Waals surface area contributed by atoms with E-state index in [1.807, 2.05) is 24.3 Å². The highest BCUT2D eigenvalue weighted by atomic mass is 35.5. The first-order valence-corrected chi connectivity index (χ1v) is 5.75. The van der Waals surface area contributed by atoms with Gasteiger partial charge in [-0.2, -0.15) is 0 Å². The molecular weight excluding hydrogens is 238 g/mol. The van der Waals surface area contributed by atoms with Crippen LogP contribution in [0.15, 0.2) is 24.3 Å². The monoisotopic (exact) mass is 253 g/mol. The standard InChI is InChI=1S/C13H16ClNO2/c1-2-7-15-8-12(16)10-17-9-11-5-3-4-6-13(11)14/h1,3-6,12,15-16H,7-10H2. The lowest BCUT2D eigenvalue weighted by atomic mass is 10.2. The van der Waals surface area contributed by atoms with Gasteiger partial charge in [0, 0.05) is 11.6 Å². The lowest BCUT2D eigenvalue weighted by Gasteiger charge is -2.11. The first-order chi connectivity index (χ1) is 8.24. The molecule has 1 atom stereocenters. The lowest BCUT2D eigenvalue weighted by molar-refractivity contribution is 0.0294. The van der Waals surface area contributed by atoms with Crippen molar-refractivity contribution in [2.75, 3.05) is 19.7 Å². The molecule has 3 nitrogen and oxygen atoms in total. The van der Waals surface area contributed by atoms with Gasteiger partial charge in [0.1, 0.15) is 0 Å². The summed E-state index contributed by atoms with van der Waals surface area (Å²) in [6.45, 7) is 1.52. The predicted molar refractivity (Wildman–Crippen MR) is 68.8 cm³/mol. The van der Waals surface area contributed by atoms with E-state index in [2.05, 4.69) is 11.2 Å². The van der Waals surface area contributed by atoms with Gasteiger partial charge in [-0.05, 0) is 11.6 Å². The van der Waals surface area contributed by atoms with E-state index in [-0.39, 0.29) is 6.61 Å². The fourth-order valence-corrected chi connectivity index (χ4v) is 1.48. The predicted octanol–water partition coefficient (Wildman–Crippen LogP) is 1.44. The van der Waals surface area contributed by atoms with Gasteiger partial charge in [-0.3, -0.25) is 0 Å². The highest BCUT2D eigenvalue weighted by Gasteiger charge is 2.04. The normalized spacial score (nSPS) is 12.1. The largest absolute Gasteiger partial charge is 0.389 e. The molecule has 0 radical (unpaired) electrons. The van der Waals surface area contributed by atoms with Gasteiger partial charge in [0.2, 0.25) is 0 Å². The van der Waals surface area contributed by atoms with Crippen LogP contribution in [0.3, 0.4) is 0 Å². The lowest BCUT2D eigenvalue weighted by Crippen LogP contribution is -2.30. The molecule has 0 aliphatic rings. The summed E-state index contributed by atoms with van der Waals surface area (Å²) in [6.07, 6.45) is 4.50. The molecule has 2 N–H and O–H groups in total. The molecule has 0 bridgehead atoms. The summed E-state index contributed by atoms with van der Waals surface area (Å²) in [4.78, 5) is 0. The van der Waals surface area contributed by atoms with E-state index in [4.69, 9.17) is 22.8 Å². The number of hydrogen-bond acceptors (Lipinski definition) is 3. The molecule has 0 saturated carbocycles. The van der Waals surface area contributed by atoms with Gasteiger partial charge in [-0.1, -0.05) is 35.7 Å². The Kier molecular flexibility index (Phi) is 6.68. The third kappa shape index (κ3) is 5.71. The maximum atomic E-state index is 9.53. The van der Waals surface area contributed by atoms with Crippen molar-refractivity contribution in [2.24, 2.45) is 0 Å². The van der Waals surface area contributed by atoms with Gasteiger partial charge < -0.3 is 15.2 Å². The number of terminal acetylenes is 1. The SMILES string of the molecule is C#CCNCC(O)COCc1ccccc1Cl. The quantitative estimate of drug-likeness (QED) is 0.571. The van der Waals surface area contributed by atoms with E-state index in [1.165, 1.54) is 0 Å². The number of ether oxygens (including phenoxy) is 1. The van der Waals surface area contributed by atoms with Gasteiger partial charge in [0.05, 0.1) is 25.9 Å². The van der Waals surface area contributed by atoms with E-state index in [0.717, 1.165) is 5.56 Å². The molecule has 17 heavy (non-hydrogen) atoms. The molecular formula is C13H16ClNO2. The third-order valence-electron chi connectivity index (χ3n) is 2.13. The fourth-order valence-electron chi connectivity index (χ4n) is 1.29. The van der Waals surface area contributed by atoms with Crippen molar-refractivity contribution in [3.63, 3.8) is 0 Å². The number of hydrogen-bond donors (Lipinski definition) is 2. The number of rotatable bonds is 7. The van der Waals surface area contributed by atoms with Gasteiger partial charge in [-0.25, -0.2) is 0 Å². The Hall–Kier alpha value is -1.05. The summed E-state index contributed by atoms with van der Waals surface area (Å²) in [6, 6.07) is 7.47. The first-order valence-electron chi connectivity index (χ1n) is 5.37. The van der Waals surface area contributed by atoms with Crippen molar-refractivity contribution in [1.29, 1.82) is 0 Å². The molecule has 1 unspecified atom stereocenters. The Balaban J connectivity index is 2.20. The van der Waals surface area contributed by atoms with Gasteiger partial charge in [0.25, 0.3) is 0 Å². The second kappa shape index (κ2) is 8.10. The molecule has 1 rings (SSSR count). The van der Waals surface area contributed by atoms with E-state index in [9.17, 15) is 5.11 Å². The zero-order valence-corrected chi connectivity index (χ0v) is 10.3. The van der Waals surface area contributed by atoms with E-state index in [1.54, 1.807) is 0 Å². The van der Waals surface area contributed by atoms with Crippen molar-refractivity contribution in [3.8, 4) is 12.3 Å². The number of benzene rings is 1. The second-order valence-electron chi connectivity index (χ2n) is 3.60. The topological polar surface area (TPSA) is 41.5 Å². The number of nitrogens with one attached hydrogen (secondary N) is 1. The zero-order chi connectivity index (χ0) is 12.5. The summed E-state index contributed by atoms with van der Waals surface area (Å²) < 4.78 is 5.37. The Morgan fingerprint density at radius 2 is 2.24 bits per heavy atom. The van der Waals surface area contributed by atoms with Crippen LogP contribution in [0, 0.1) is 12.3 Å². The van der Waals surface area contributed by atoms with Crippen LogP contribution in [-0.2, 0) is 11.3 Å². The van der Waals surface area contributed by atoms with Crippen LogP contribution >= 0.6 is 11.6 Å². The molecule has 4 heteroatoms. The van der Waals surface area contributed by atoms with E-state index < -0.39 is 6.10 Å². The minimum Gasteiger partial charge on any atom is -0.389 e. The van der Waals surface area contributed by atoms with Crippen molar-refractivity contribution >= 4 is 11.6 Å². The average molecular weight is 254 g/mol. The molecule has 0 aliphatic heterocycles. The molecule has 0 saturated heterocycles. The van der Waals surface area contributed by atoms with Crippen LogP contribution < -0.4 is 5.32 Å². The first kappa shape index (κ1) is 14.0. The molecule has 0 fully saturated rings. The Bertz CT molecular complexity index is 376. The third-order valence-corrected chi connectivity index (χ3v) is 2.50. The van der Waals surface area contributed by atoms with Crippen molar-refractivity contribution in [3.05, 3.63) is 34.9 Å². The zero-order valence-electron chi connectivity index (χ0n) is 9.53. The van der Waals surface area contributed by atoms with Crippen LogP contribution in [0.25, 0.3) is 0 Å². The highest BCUT2D eigenvalue weighted by molar-refractivity contribution is 6.31. The minimum atomic E-state index is -0.564. The number of aliphatic hydroxyl groups is 1. The molecule has 0 amide bonds. The van der Waals surface area contributed by atoms with Crippen LogP contribution in [0.2, 0.25) is 5.02 Å². The van der Waals surface area contributed by atoms with Gasteiger partial charge >= 0.3 is 0 Å². The average Bonchev–Trinajstić information content (AvgIpc) is 2.32. The maximum Gasteiger partial charge on any atom is 0.0898 e. The summed E-state index contributed by atoms with van der Waals surface area (Å²) in [5, 5.41) is 13.1. The Morgan fingerprint density at radius 1 is 1.47 bits per heavy atom. The van der Waals surface area contributed by atoms with Gasteiger partial charge in [0.15, 0.2) is 0 Å². The van der Waals surface area contributed by atoms with Crippen LogP contribution in [0.1, 0.15) is 5.56 Å². The molecule has 0 spiro atoms. The molecule has 0 aromatic heterocycles. The fraction of sp³-hybridized carbons (Fsp3) is 0.385. The Morgan fingerprint density at radius 3 is 2.94 bits per heavy atom. The van der Waals surface area contributed by atoms with E-state index >= 15 is 0 Å². The van der Waals surface area contributed by atoms with Crippen molar-refractivity contribution < 1.29 is 9.84 Å². The minimum absolute atomic E-state index is 0.253. The second-order valence-corrected chi connectivity index (χ2v) is 4.00. The Labute approximate surface area is 107 Å². The van der Waals surface area contributed by atoms with Gasteiger partial charge in [-0.15, -0.1) is 6.42 Å².